The highest BCUT2D eigenvalue weighted by atomic mass is 32.2. The van der Waals surface area contributed by atoms with Crippen molar-refractivity contribution in [1.29, 1.82) is 0 Å². The second-order valence-electron chi connectivity index (χ2n) is 7.27. The first-order valence-corrected chi connectivity index (χ1v) is 11.3. The minimum absolute atomic E-state index is 0.0436. The lowest BCUT2D eigenvalue weighted by Crippen LogP contribution is -2.22. The molecule has 0 aliphatic rings. The molecule has 12 heteroatoms. The van der Waals surface area contributed by atoms with E-state index in [0.717, 1.165) is 35.0 Å². The second kappa shape index (κ2) is 9.40. The Morgan fingerprint density at radius 2 is 1.79 bits per heavy atom. The number of halogens is 3. The molecule has 0 amide bonds. The Bertz CT molecular complexity index is 1250. The minimum Gasteiger partial charge on any atom is -0.454 e. The van der Waals surface area contributed by atoms with E-state index in [2.05, 4.69) is 9.72 Å². The number of carbonyl (C=O) groups is 1. The van der Waals surface area contributed by atoms with Gasteiger partial charge in [0, 0.05) is 20.6 Å². The third kappa shape index (κ3) is 5.63. The number of esters is 1. The Kier molecular flexibility index (Phi) is 6.98. The average molecular weight is 485 g/mol. The first-order valence-electron chi connectivity index (χ1n) is 9.87. The van der Waals surface area contributed by atoms with Gasteiger partial charge < -0.3 is 14.0 Å². The highest BCUT2D eigenvalue weighted by Crippen LogP contribution is 2.24. The van der Waals surface area contributed by atoms with Gasteiger partial charge in [-0.3, -0.25) is 0 Å². The van der Waals surface area contributed by atoms with Crippen molar-refractivity contribution in [1.82, 2.24) is 13.9 Å². The van der Waals surface area contributed by atoms with E-state index in [1.54, 1.807) is 6.07 Å². The summed E-state index contributed by atoms with van der Waals surface area (Å²) < 4.78 is 73.6. The van der Waals surface area contributed by atoms with Crippen LogP contribution in [0.4, 0.5) is 13.2 Å². The van der Waals surface area contributed by atoms with Gasteiger partial charge >= 0.3 is 12.3 Å². The molecule has 0 saturated carbocycles. The first kappa shape index (κ1) is 24.5. The standard InChI is InChI=1S/C21H22F3N3O5S/c1-4-11-27-18-10-9-16(33(29,30)26(2)3)12-17(18)25-19(27)13-31-20(28)14-5-7-15(8-6-14)32-21(22,23)24/h5-10,12H,4,11,13H2,1-3H3. The van der Waals surface area contributed by atoms with Crippen LogP contribution in [0.1, 0.15) is 29.5 Å². The van der Waals surface area contributed by atoms with Gasteiger partial charge in [-0.05, 0) is 48.9 Å². The lowest BCUT2D eigenvalue weighted by Gasteiger charge is -2.11. The Balaban J connectivity index is 1.81. The molecule has 3 aromatic rings. The molecule has 0 bridgehead atoms. The molecule has 1 aromatic heterocycles. The number of benzene rings is 2. The van der Waals surface area contributed by atoms with E-state index in [9.17, 15) is 26.4 Å². The summed E-state index contributed by atoms with van der Waals surface area (Å²) in [6.45, 7) is 2.31. The molecule has 0 radical (unpaired) electrons. The summed E-state index contributed by atoms with van der Waals surface area (Å²) in [6.07, 6.45) is -4.07. The fourth-order valence-corrected chi connectivity index (χ4v) is 4.04. The molecule has 0 spiro atoms. The van der Waals surface area contributed by atoms with Gasteiger partial charge in [0.1, 0.15) is 18.2 Å². The number of hydrogen-bond acceptors (Lipinski definition) is 6. The quantitative estimate of drug-likeness (QED) is 0.449. The van der Waals surface area contributed by atoms with Gasteiger partial charge in [0.05, 0.1) is 21.5 Å². The second-order valence-corrected chi connectivity index (χ2v) is 9.42. The lowest BCUT2D eigenvalue weighted by atomic mass is 10.2. The molecule has 0 fully saturated rings. The van der Waals surface area contributed by atoms with Gasteiger partial charge in [-0.15, -0.1) is 13.2 Å². The maximum absolute atomic E-state index is 12.4. The largest absolute Gasteiger partial charge is 0.573 e. The van der Waals surface area contributed by atoms with Gasteiger partial charge in [-0.2, -0.15) is 0 Å². The zero-order valence-corrected chi connectivity index (χ0v) is 18.9. The van der Waals surface area contributed by atoms with Crippen LogP contribution in [0.2, 0.25) is 0 Å². The molecule has 3 rings (SSSR count). The first-order chi connectivity index (χ1) is 15.4. The van der Waals surface area contributed by atoms with Crippen molar-refractivity contribution >= 4 is 27.0 Å². The zero-order chi connectivity index (χ0) is 24.4. The van der Waals surface area contributed by atoms with Crippen molar-refractivity contribution < 1.29 is 35.9 Å². The van der Waals surface area contributed by atoms with Gasteiger partial charge in [0.15, 0.2) is 0 Å². The number of ether oxygens (including phenoxy) is 2. The van der Waals surface area contributed by atoms with Crippen LogP contribution >= 0.6 is 0 Å². The molecule has 0 atom stereocenters. The monoisotopic (exact) mass is 485 g/mol. The van der Waals surface area contributed by atoms with Crippen molar-refractivity contribution in [2.75, 3.05) is 14.1 Å². The topological polar surface area (TPSA) is 90.7 Å². The van der Waals surface area contributed by atoms with Crippen molar-refractivity contribution in [2.24, 2.45) is 0 Å². The summed E-state index contributed by atoms with van der Waals surface area (Å²) in [4.78, 5) is 16.9. The highest BCUT2D eigenvalue weighted by Gasteiger charge is 2.31. The molecule has 2 aromatic carbocycles. The predicted octanol–water partition coefficient (Wildman–Crippen LogP) is 3.95. The van der Waals surface area contributed by atoms with E-state index in [0.29, 0.717) is 23.4 Å². The molecular weight excluding hydrogens is 463 g/mol. The van der Waals surface area contributed by atoms with Crippen LogP contribution < -0.4 is 4.74 Å². The van der Waals surface area contributed by atoms with Crippen LogP contribution in [-0.4, -0.2) is 48.7 Å². The van der Waals surface area contributed by atoms with E-state index in [4.69, 9.17) is 4.74 Å². The van der Waals surface area contributed by atoms with E-state index in [1.165, 1.54) is 26.2 Å². The maximum atomic E-state index is 12.4. The van der Waals surface area contributed by atoms with Crippen LogP contribution in [0.15, 0.2) is 47.4 Å². The van der Waals surface area contributed by atoms with Gasteiger partial charge in [0.2, 0.25) is 10.0 Å². The zero-order valence-electron chi connectivity index (χ0n) is 18.1. The summed E-state index contributed by atoms with van der Waals surface area (Å²) in [7, 11) is -0.778. The number of aryl methyl sites for hydroxylation is 1. The van der Waals surface area contributed by atoms with Crippen molar-refractivity contribution in [3.63, 3.8) is 0 Å². The Labute approximate surface area is 188 Å². The number of fused-ring (bicyclic) bond motifs is 1. The molecule has 33 heavy (non-hydrogen) atoms. The molecule has 8 nitrogen and oxygen atoms in total. The van der Waals surface area contributed by atoms with Crippen LogP contribution in [0, 0.1) is 0 Å². The summed E-state index contributed by atoms with van der Waals surface area (Å²) in [6, 6.07) is 8.96. The maximum Gasteiger partial charge on any atom is 0.573 e. The number of nitrogens with zero attached hydrogens (tertiary/aromatic N) is 3. The molecule has 0 saturated heterocycles. The normalized spacial score (nSPS) is 12.3. The van der Waals surface area contributed by atoms with E-state index in [-0.39, 0.29) is 17.1 Å². The fraction of sp³-hybridized carbons (Fsp3) is 0.333. The molecule has 0 aliphatic carbocycles. The summed E-state index contributed by atoms with van der Waals surface area (Å²) in [5.41, 5.74) is 1.17. The van der Waals surface area contributed by atoms with Crippen LogP contribution in [0.5, 0.6) is 5.75 Å². The third-order valence-electron chi connectivity index (χ3n) is 4.68. The number of imidazole rings is 1. The fourth-order valence-electron chi connectivity index (χ4n) is 3.12. The van der Waals surface area contributed by atoms with Crippen molar-refractivity contribution in [3.8, 4) is 5.75 Å². The number of carbonyl (C=O) groups excluding carboxylic acids is 1. The molecular formula is C21H22F3N3O5S. The van der Waals surface area contributed by atoms with Crippen LogP contribution in [0.3, 0.4) is 0 Å². The number of rotatable bonds is 8. The molecule has 0 unspecified atom stereocenters. The summed E-state index contributed by atoms with van der Waals surface area (Å²) in [5.74, 6) is -0.788. The van der Waals surface area contributed by atoms with Gasteiger partial charge in [0.25, 0.3) is 0 Å². The number of aromatic nitrogens is 2. The highest BCUT2D eigenvalue weighted by molar-refractivity contribution is 7.89. The predicted molar refractivity (Wildman–Crippen MR) is 113 cm³/mol. The Hall–Kier alpha value is -3.12. The molecule has 0 aliphatic heterocycles. The van der Waals surface area contributed by atoms with Crippen molar-refractivity contribution in [3.05, 3.63) is 53.9 Å². The summed E-state index contributed by atoms with van der Waals surface area (Å²) >= 11 is 0. The van der Waals surface area contributed by atoms with E-state index >= 15 is 0 Å². The Morgan fingerprint density at radius 3 is 2.36 bits per heavy atom. The van der Waals surface area contributed by atoms with Crippen LogP contribution in [0.25, 0.3) is 11.0 Å². The number of sulfonamides is 1. The van der Waals surface area contributed by atoms with E-state index in [1.807, 2.05) is 11.5 Å². The van der Waals surface area contributed by atoms with Gasteiger partial charge in [-0.25, -0.2) is 22.5 Å². The van der Waals surface area contributed by atoms with E-state index < -0.39 is 28.1 Å². The van der Waals surface area contributed by atoms with Crippen LogP contribution in [-0.2, 0) is 27.9 Å². The smallest absolute Gasteiger partial charge is 0.454 e. The molecule has 178 valence electrons. The van der Waals surface area contributed by atoms with Crippen molar-refractivity contribution in [2.45, 2.75) is 37.8 Å². The van der Waals surface area contributed by atoms with Gasteiger partial charge in [-0.1, -0.05) is 6.92 Å². The SMILES string of the molecule is CCCn1c(COC(=O)c2ccc(OC(F)(F)F)cc2)nc2cc(S(=O)(=O)N(C)C)ccc21. The average Bonchev–Trinajstić information content (AvgIpc) is 3.08. The third-order valence-corrected chi connectivity index (χ3v) is 6.49. The lowest BCUT2D eigenvalue weighted by molar-refractivity contribution is -0.274. The minimum atomic E-state index is -4.83. The Morgan fingerprint density at radius 1 is 1.12 bits per heavy atom. The molecule has 0 N–H and O–H groups in total. The number of alkyl halides is 3. The summed E-state index contributed by atoms with van der Waals surface area (Å²) in [5, 5.41) is 0. The number of hydrogen-bond donors (Lipinski definition) is 0. The molecule has 1 heterocycles.